The highest BCUT2D eigenvalue weighted by Gasteiger charge is 2.05. The van der Waals surface area contributed by atoms with Crippen molar-refractivity contribution in [2.24, 2.45) is 27.2 Å². The average molecular weight is 295 g/mol. The van der Waals surface area contributed by atoms with Crippen LogP contribution in [0.1, 0.15) is 0 Å². The molecule has 0 unspecified atom stereocenters. The highest BCUT2D eigenvalue weighted by molar-refractivity contribution is 5.97. The second-order valence-electron chi connectivity index (χ2n) is 3.73. The first-order chi connectivity index (χ1) is 9.10. The first kappa shape index (κ1) is 15.5. The monoisotopic (exact) mass is 294 g/mol. The minimum absolute atomic E-state index is 0. The van der Waals surface area contributed by atoms with Crippen molar-refractivity contribution in [2.75, 3.05) is 7.11 Å². The molecule has 0 aliphatic carbocycles. The van der Waals surface area contributed by atoms with Gasteiger partial charge in [-0.25, -0.2) is 4.99 Å². The molecule has 106 valence electrons. The van der Waals surface area contributed by atoms with Crippen molar-refractivity contribution in [1.29, 1.82) is 0 Å². The van der Waals surface area contributed by atoms with Crippen LogP contribution in [0, 0.1) is 0 Å². The Morgan fingerprint density at radius 2 is 2.00 bits per heavy atom. The molecule has 1 heterocycles. The molecule has 0 radical (unpaired) electrons. The number of guanidine groups is 2. The molecule has 7 nitrogen and oxygen atoms in total. The predicted octanol–water partition coefficient (Wildman–Crippen LogP) is 0.885. The van der Waals surface area contributed by atoms with Gasteiger partial charge in [0, 0.05) is 17.6 Å². The summed E-state index contributed by atoms with van der Waals surface area (Å²) in [6.45, 7) is 0. The largest absolute Gasteiger partial charge is 0.497 e. The number of nitrogens with zero attached hydrogens (tertiary/aromatic N) is 3. The van der Waals surface area contributed by atoms with Gasteiger partial charge in [-0.3, -0.25) is 4.98 Å². The summed E-state index contributed by atoms with van der Waals surface area (Å²) in [4.78, 5) is 12.1. The van der Waals surface area contributed by atoms with Crippen LogP contribution in [0.2, 0.25) is 0 Å². The standard InChI is InChI=1S/C12H14N6O.ClH/c1-19-8-5-7-3-2-4-16-10(7)9(6-8)17-12(15)18-11(13)14;/h2-6H,1H3,(H6,13,14,15,17,18);1H. The number of benzene rings is 1. The van der Waals surface area contributed by atoms with Crippen molar-refractivity contribution in [1.82, 2.24) is 4.98 Å². The first-order valence-corrected chi connectivity index (χ1v) is 5.46. The molecule has 0 bridgehead atoms. The number of hydrogen-bond donors (Lipinski definition) is 3. The van der Waals surface area contributed by atoms with E-state index in [0.29, 0.717) is 17.0 Å². The van der Waals surface area contributed by atoms with Crippen LogP contribution < -0.4 is 21.9 Å². The normalized spacial score (nSPS) is 10.8. The Balaban J connectivity index is 0.00000200. The molecule has 8 heteroatoms. The van der Waals surface area contributed by atoms with E-state index in [-0.39, 0.29) is 24.3 Å². The summed E-state index contributed by atoms with van der Waals surface area (Å²) in [5.74, 6) is 0.457. The van der Waals surface area contributed by atoms with E-state index in [9.17, 15) is 0 Å². The lowest BCUT2D eigenvalue weighted by Gasteiger charge is -2.05. The molecule has 0 aliphatic rings. The van der Waals surface area contributed by atoms with E-state index in [1.807, 2.05) is 18.2 Å². The fourth-order valence-electron chi connectivity index (χ4n) is 1.63. The van der Waals surface area contributed by atoms with E-state index in [4.69, 9.17) is 21.9 Å². The molecular formula is C12H15ClN6O. The van der Waals surface area contributed by atoms with Gasteiger partial charge in [-0.05, 0) is 12.1 Å². The lowest BCUT2D eigenvalue weighted by atomic mass is 10.2. The van der Waals surface area contributed by atoms with Crippen LogP contribution in [0.3, 0.4) is 0 Å². The minimum atomic E-state index is -0.151. The zero-order valence-corrected chi connectivity index (χ0v) is 11.6. The van der Waals surface area contributed by atoms with Crippen molar-refractivity contribution < 1.29 is 4.74 Å². The van der Waals surface area contributed by atoms with Gasteiger partial charge in [0.1, 0.15) is 5.75 Å². The summed E-state index contributed by atoms with van der Waals surface area (Å²) in [7, 11) is 1.57. The van der Waals surface area contributed by atoms with Gasteiger partial charge in [0.2, 0.25) is 5.96 Å². The van der Waals surface area contributed by atoms with E-state index < -0.39 is 0 Å². The van der Waals surface area contributed by atoms with Gasteiger partial charge in [0.05, 0.1) is 18.3 Å². The molecule has 0 saturated heterocycles. The second kappa shape index (κ2) is 6.58. The Morgan fingerprint density at radius 3 is 2.65 bits per heavy atom. The number of rotatable bonds is 2. The third-order valence-electron chi connectivity index (χ3n) is 2.37. The van der Waals surface area contributed by atoms with E-state index in [0.717, 1.165) is 5.39 Å². The summed E-state index contributed by atoms with van der Waals surface area (Å²) < 4.78 is 5.20. The molecule has 2 aromatic rings. The van der Waals surface area contributed by atoms with Crippen molar-refractivity contribution >= 4 is 40.9 Å². The van der Waals surface area contributed by atoms with Gasteiger partial charge in [-0.15, -0.1) is 12.4 Å². The summed E-state index contributed by atoms with van der Waals surface area (Å²) in [5, 5.41) is 0.887. The molecule has 0 aliphatic heterocycles. The zero-order chi connectivity index (χ0) is 13.8. The molecule has 6 N–H and O–H groups in total. The number of pyridine rings is 1. The quantitative estimate of drug-likeness (QED) is 0.560. The van der Waals surface area contributed by atoms with E-state index in [1.54, 1.807) is 19.4 Å². The molecule has 1 aromatic heterocycles. The molecule has 0 spiro atoms. The average Bonchev–Trinajstić information content (AvgIpc) is 2.37. The van der Waals surface area contributed by atoms with Gasteiger partial charge in [0.25, 0.3) is 0 Å². The number of ether oxygens (including phenoxy) is 1. The van der Waals surface area contributed by atoms with Crippen LogP contribution in [0.15, 0.2) is 40.4 Å². The smallest absolute Gasteiger partial charge is 0.223 e. The highest BCUT2D eigenvalue weighted by Crippen LogP contribution is 2.29. The van der Waals surface area contributed by atoms with Crippen molar-refractivity contribution in [3.05, 3.63) is 30.5 Å². The van der Waals surface area contributed by atoms with Gasteiger partial charge in [0.15, 0.2) is 5.96 Å². The third-order valence-corrected chi connectivity index (χ3v) is 2.37. The lowest BCUT2D eigenvalue weighted by molar-refractivity contribution is 0.415. The molecule has 0 saturated carbocycles. The minimum Gasteiger partial charge on any atom is -0.497 e. The summed E-state index contributed by atoms with van der Waals surface area (Å²) in [6.07, 6.45) is 1.67. The Labute approximate surface area is 122 Å². The van der Waals surface area contributed by atoms with Crippen molar-refractivity contribution in [3.63, 3.8) is 0 Å². The number of aliphatic imine (C=N–C) groups is 2. The molecule has 0 atom stereocenters. The summed E-state index contributed by atoms with van der Waals surface area (Å²) >= 11 is 0. The van der Waals surface area contributed by atoms with Gasteiger partial charge in [-0.1, -0.05) is 6.07 Å². The number of nitrogens with two attached hydrogens (primary N) is 3. The Bertz CT molecular complexity index is 666. The second-order valence-corrected chi connectivity index (χ2v) is 3.73. The van der Waals surface area contributed by atoms with Crippen LogP contribution in [-0.2, 0) is 0 Å². The molecule has 2 rings (SSSR count). The number of fused-ring (bicyclic) bond motifs is 1. The number of methoxy groups -OCH3 is 1. The van der Waals surface area contributed by atoms with E-state index >= 15 is 0 Å². The van der Waals surface area contributed by atoms with Crippen LogP contribution in [0.4, 0.5) is 5.69 Å². The Morgan fingerprint density at radius 1 is 1.25 bits per heavy atom. The Kier molecular flexibility index (Phi) is 5.10. The maximum Gasteiger partial charge on any atom is 0.223 e. The fraction of sp³-hybridized carbons (Fsp3) is 0.0833. The van der Waals surface area contributed by atoms with E-state index in [1.165, 1.54) is 0 Å². The third kappa shape index (κ3) is 3.48. The number of halogens is 1. The predicted molar refractivity (Wildman–Crippen MR) is 82.6 cm³/mol. The van der Waals surface area contributed by atoms with Gasteiger partial charge < -0.3 is 21.9 Å². The molecule has 0 fully saturated rings. The van der Waals surface area contributed by atoms with Gasteiger partial charge in [-0.2, -0.15) is 4.99 Å². The summed E-state index contributed by atoms with van der Waals surface area (Å²) in [6, 6.07) is 7.30. The van der Waals surface area contributed by atoms with Gasteiger partial charge >= 0.3 is 0 Å². The SMILES string of the molecule is COc1cc(N=C(N)N=C(N)N)c2ncccc2c1.Cl. The number of hydrogen-bond acceptors (Lipinski definition) is 3. The first-order valence-electron chi connectivity index (χ1n) is 5.46. The zero-order valence-electron chi connectivity index (χ0n) is 10.8. The lowest BCUT2D eigenvalue weighted by Crippen LogP contribution is -2.26. The van der Waals surface area contributed by atoms with E-state index in [2.05, 4.69) is 15.0 Å². The maximum atomic E-state index is 5.62. The van der Waals surface area contributed by atoms with Crippen LogP contribution in [-0.4, -0.2) is 24.0 Å². The highest BCUT2D eigenvalue weighted by atomic mass is 35.5. The fourth-order valence-corrected chi connectivity index (χ4v) is 1.63. The van der Waals surface area contributed by atoms with Crippen LogP contribution in [0.25, 0.3) is 10.9 Å². The molecule has 0 amide bonds. The van der Waals surface area contributed by atoms with Crippen LogP contribution >= 0.6 is 12.4 Å². The van der Waals surface area contributed by atoms with Crippen LogP contribution in [0.5, 0.6) is 5.75 Å². The van der Waals surface area contributed by atoms with Crippen molar-refractivity contribution in [3.8, 4) is 5.75 Å². The number of aromatic nitrogens is 1. The van der Waals surface area contributed by atoms with Crippen molar-refractivity contribution in [2.45, 2.75) is 0 Å². The maximum absolute atomic E-state index is 5.62. The Hall–Kier alpha value is -2.54. The summed E-state index contributed by atoms with van der Waals surface area (Å²) in [5.41, 5.74) is 17.3. The topological polar surface area (TPSA) is 125 Å². The molecular weight excluding hydrogens is 280 g/mol. The molecule has 1 aromatic carbocycles. The molecule has 20 heavy (non-hydrogen) atoms.